The summed E-state index contributed by atoms with van der Waals surface area (Å²) in [5, 5.41) is 5.63. The SMILES string of the molecule is Brc1cc(CNCCc2ccc(Br)s2)cs1. The molecule has 0 atom stereocenters. The van der Waals surface area contributed by atoms with Crippen molar-refractivity contribution in [2.24, 2.45) is 0 Å². The van der Waals surface area contributed by atoms with Crippen LogP contribution in [0.5, 0.6) is 0 Å². The molecule has 2 rings (SSSR count). The van der Waals surface area contributed by atoms with E-state index in [1.807, 2.05) is 11.3 Å². The molecule has 0 aliphatic carbocycles. The van der Waals surface area contributed by atoms with Crippen LogP contribution in [0.25, 0.3) is 0 Å². The minimum atomic E-state index is 0.953. The van der Waals surface area contributed by atoms with Gasteiger partial charge in [0, 0.05) is 18.0 Å². The van der Waals surface area contributed by atoms with Crippen molar-refractivity contribution in [3.8, 4) is 0 Å². The van der Waals surface area contributed by atoms with Crippen LogP contribution in [0.1, 0.15) is 10.4 Å². The zero-order valence-electron chi connectivity index (χ0n) is 8.50. The molecule has 86 valence electrons. The van der Waals surface area contributed by atoms with E-state index in [4.69, 9.17) is 0 Å². The zero-order valence-corrected chi connectivity index (χ0v) is 13.3. The molecule has 1 nitrogen and oxygen atoms in total. The van der Waals surface area contributed by atoms with Crippen molar-refractivity contribution < 1.29 is 0 Å². The van der Waals surface area contributed by atoms with Gasteiger partial charge in [-0.05, 0) is 67.4 Å². The highest BCUT2D eigenvalue weighted by Crippen LogP contribution is 2.22. The van der Waals surface area contributed by atoms with Crippen LogP contribution < -0.4 is 5.32 Å². The summed E-state index contributed by atoms with van der Waals surface area (Å²) in [5.74, 6) is 0. The summed E-state index contributed by atoms with van der Waals surface area (Å²) in [5.41, 5.74) is 1.35. The molecule has 0 amide bonds. The summed E-state index contributed by atoms with van der Waals surface area (Å²) < 4.78 is 2.41. The van der Waals surface area contributed by atoms with E-state index in [-0.39, 0.29) is 0 Å². The van der Waals surface area contributed by atoms with Crippen LogP contribution in [0.3, 0.4) is 0 Å². The molecule has 1 N–H and O–H groups in total. The summed E-state index contributed by atoms with van der Waals surface area (Å²) in [6, 6.07) is 6.45. The van der Waals surface area contributed by atoms with Gasteiger partial charge in [-0.15, -0.1) is 22.7 Å². The molecule has 0 bridgehead atoms. The highest BCUT2D eigenvalue weighted by Gasteiger charge is 1.99. The maximum atomic E-state index is 3.47. The Hall–Kier alpha value is 0.320. The Bertz CT molecular complexity index is 408. The van der Waals surface area contributed by atoms with Crippen LogP contribution in [0, 0.1) is 0 Å². The summed E-state index contributed by atoms with van der Waals surface area (Å²) in [6.45, 7) is 1.98. The molecule has 16 heavy (non-hydrogen) atoms. The van der Waals surface area contributed by atoms with E-state index in [2.05, 4.69) is 60.8 Å². The van der Waals surface area contributed by atoms with Gasteiger partial charge in [0.25, 0.3) is 0 Å². The third-order valence-electron chi connectivity index (χ3n) is 2.13. The fourth-order valence-corrected chi connectivity index (χ4v) is 4.06. The molecule has 0 spiro atoms. The van der Waals surface area contributed by atoms with E-state index in [0.29, 0.717) is 0 Å². The Morgan fingerprint density at radius 1 is 1.19 bits per heavy atom. The van der Waals surface area contributed by atoms with Gasteiger partial charge in [-0.3, -0.25) is 0 Å². The fraction of sp³-hybridized carbons (Fsp3) is 0.273. The first-order chi connectivity index (χ1) is 7.74. The minimum absolute atomic E-state index is 0.953. The van der Waals surface area contributed by atoms with Gasteiger partial charge in [0.15, 0.2) is 0 Å². The lowest BCUT2D eigenvalue weighted by molar-refractivity contribution is 0.692. The van der Waals surface area contributed by atoms with E-state index >= 15 is 0 Å². The number of hydrogen-bond donors (Lipinski definition) is 1. The normalized spacial score (nSPS) is 10.9. The molecule has 0 saturated carbocycles. The summed E-state index contributed by atoms with van der Waals surface area (Å²) in [7, 11) is 0. The Balaban J connectivity index is 1.69. The Morgan fingerprint density at radius 3 is 2.69 bits per heavy atom. The lowest BCUT2D eigenvalue weighted by Crippen LogP contribution is -2.15. The molecule has 5 heteroatoms. The van der Waals surface area contributed by atoms with Gasteiger partial charge in [0.2, 0.25) is 0 Å². The first-order valence-electron chi connectivity index (χ1n) is 4.92. The Morgan fingerprint density at radius 2 is 2.06 bits per heavy atom. The minimum Gasteiger partial charge on any atom is -0.312 e. The van der Waals surface area contributed by atoms with Gasteiger partial charge in [0.1, 0.15) is 0 Å². The van der Waals surface area contributed by atoms with Crippen molar-refractivity contribution in [2.75, 3.05) is 6.54 Å². The van der Waals surface area contributed by atoms with Gasteiger partial charge in [0.05, 0.1) is 7.57 Å². The lowest BCUT2D eigenvalue weighted by Gasteiger charge is -2.01. The van der Waals surface area contributed by atoms with Gasteiger partial charge in [-0.2, -0.15) is 0 Å². The maximum Gasteiger partial charge on any atom is 0.0701 e. The molecule has 2 heterocycles. The average Bonchev–Trinajstić information content (AvgIpc) is 2.83. The van der Waals surface area contributed by atoms with Crippen molar-refractivity contribution in [2.45, 2.75) is 13.0 Å². The molecule has 0 aliphatic heterocycles. The predicted molar refractivity (Wildman–Crippen MR) is 79.4 cm³/mol. The molecule has 0 saturated heterocycles. The van der Waals surface area contributed by atoms with E-state index in [1.165, 1.54) is 18.0 Å². The van der Waals surface area contributed by atoms with Crippen LogP contribution in [0.15, 0.2) is 31.2 Å². The van der Waals surface area contributed by atoms with Crippen molar-refractivity contribution in [3.05, 3.63) is 41.6 Å². The fourth-order valence-electron chi connectivity index (χ4n) is 1.37. The highest BCUT2D eigenvalue weighted by molar-refractivity contribution is 9.11. The molecule has 2 aromatic heterocycles. The average molecular weight is 381 g/mol. The Kier molecular flexibility index (Phi) is 5.03. The van der Waals surface area contributed by atoms with Gasteiger partial charge in [-0.25, -0.2) is 0 Å². The molecular weight excluding hydrogens is 370 g/mol. The number of halogens is 2. The zero-order chi connectivity index (χ0) is 11.4. The van der Waals surface area contributed by atoms with Gasteiger partial charge >= 0.3 is 0 Å². The lowest BCUT2D eigenvalue weighted by atomic mass is 10.3. The van der Waals surface area contributed by atoms with Crippen LogP contribution >= 0.6 is 54.5 Å². The van der Waals surface area contributed by atoms with E-state index in [1.54, 1.807) is 11.3 Å². The van der Waals surface area contributed by atoms with E-state index in [0.717, 1.165) is 19.5 Å². The van der Waals surface area contributed by atoms with Crippen LogP contribution in [-0.4, -0.2) is 6.54 Å². The van der Waals surface area contributed by atoms with Crippen molar-refractivity contribution >= 4 is 54.5 Å². The molecule has 0 unspecified atom stereocenters. The monoisotopic (exact) mass is 379 g/mol. The number of thiophene rings is 2. The molecule has 0 fully saturated rings. The third-order valence-corrected chi connectivity index (χ3v) is 5.36. The summed E-state index contributed by atoms with van der Waals surface area (Å²) in [4.78, 5) is 1.42. The van der Waals surface area contributed by atoms with Gasteiger partial charge in [-0.1, -0.05) is 0 Å². The van der Waals surface area contributed by atoms with Crippen LogP contribution in [0.2, 0.25) is 0 Å². The molecule has 0 radical (unpaired) electrons. The highest BCUT2D eigenvalue weighted by atomic mass is 79.9. The topological polar surface area (TPSA) is 12.0 Å². The summed E-state index contributed by atoms with van der Waals surface area (Å²) >= 11 is 10.5. The molecule has 0 aliphatic rings. The van der Waals surface area contributed by atoms with Crippen molar-refractivity contribution in [1.82, 2.24) is 5.32 Å². The standard InChI is InChI=1S/C11H11Br2NS2/c12-10-2-1-9(16-10)3-4-14-6-8-5-11(13)15-7-8/h1-2,5,7,14H,3-4,6H2. The quantitative estimate of drug-likeness (QED) is 0.743. The third kappa shape index (κ3) is 3.96. The predicted octanol–water partition coefficient (Wildman–Crippen LogP) is 4.67. The molecular formula is C11H11Br2NS2. The number of hydrogen-bond acceptors (Lipinski definition) is 3. The maximum absolute atomic E-state index is 3.47. The first-order valence-corrected chi connectivity index (χ1v) is 8.20. The second-order valence-electron chi connectivity index (χ2n) is 3.39. The largest absolute Gasteiger partial charge is 0.312 e. The molecule has 2 aromatic rings. The smallest absolute Gasteiger partial charge is 0.0701 e. The number of nitrogens with one attached hydrogen (secondary N) is 1. The van der Waals surface area contributed by atoms with Crippen molar-refractivity contribution in [1.29, 1.82) is 0 Å². The van der Waals surface area contributed by atoms with Gasteiger partial charge < -0.3 is 5.32 Å². The van der Waals surface area contributed by atoms with Crippen LogP contribution in [-0.2, 0) is 13.0 Å². The van der Waals surface area contributed by atoms with E-state index < -0.39 is 0 Å². The van der Waals surface area contributed by atoms with Crippen molar-refractivity contribution in [3.63, 3.8) is 0 Å². The summed E-state index contributed by atoms with van der Waals surface area (Å²) in [6.07, 6.45) is 1.10. The number of rotatable bonds is 5. The molecule has 0 aromatic carbocycles. The second kappa shape index (κ2) is 6.31. The van der Waals surface area contributed by atoms with Crippen LogP contribution in [0.4, 0.5) is 0 Å². The first kappa shape index (κ1) is 12.8. The Labute approximate surface area is 120 Å². The van der Waals surface area contributed by atoms with E-state index in [9.17, 15) is 0 Å². The second-order valence-corrected chi connectivity index (χ2v) is 8.23.